The minimum Gasteiger partial charge on any atom is -0.479 e. The SMILES string of the molecule is C[C@@H]1Oc2ccc(S(=O)(=O)N3CCn4c(nnc4C4CC4)C3)cc2NC1=O. The number of sulfonamides is 1. The summed E-state index contributed by atoms with van der Waals surface area (Å²) in [4.78, 5) is 11.9. The summed E-state index contributed by atoms with van der Waals surface area (Å²) in [6.45, 7) is 2.75. The monoisotopic (exact) mass is 389 g/mol. The summed E-state index contributed by atoms with van der Waals surface area (Å²) in [7, 11) is -3.72. The first-order valence-corrected chi connectivity index (χ1v) is 10.4. The normalized spacial score (nSPS) is 22.6. The third-order valence-corrected chi connectivity index (χ3v) is 7.05. The minimum atomic E-state index is -3.72. The first-order chi connectivity index (χ1) is 12.9. The van der Waals surface area contributed by atoms with E-state index in [1.807, 2.05) is 4.57 Å². The first-order valence-electron chi connectivity index (χ1n) is 8.97. The highest BCUT2D eigenvalue weighted by Gasteiger charge is 2.35. The van der Waals surface area contributed by atoms with Crippen LogP contribution in [0.5, 0.6) is 5.75 Å². The van der Waals surface area contributed by atoms with E-state index in [1.165, 1.54) is 16.4 Å². The molecule has 1 aromatic heterocycles. The van der Waals surface area contributed by atoms with Gasteiger partial charge in [0.15, 0.2) is 6.10 Å². The van der Waals surface area contributed by atoms with Gasteiger partial charge in [0, 0.05) is 19.0 Å². The second kappa shape index (κ2) is 5.77. The van der Waals surface area contributed by atoms with Crippen molar-refractivity contribution >= 4 is 21.6 Å². The van der Waals surface area contributed by atoms with Crippen LogP contribution in [0.2, 0.25) is 0 Å². The molecule has 3 aliphatic rings. The largest absolute Gasteiger partial charge is 0.479 e. The summed E-state index contributed by atoms with van der Waals surface area (Å²) in [5.41, 5.74) is 0.371. The van der Waals surface area contributed by atoms with Crippen LogP contribution in [-0.2, 0) is 27.9 Å². The zero-order valence-electron chi connectivity index (χ0n) is 14.8. The van der Waals surface area contributed by atoms with Gasteiger partial charge >= 0.3 is 0 Å². The van der Waals surface area contributed by atoms with E-state index >= 15 is 0 Å². The van der Waals surface area contributed by atoms with Gasteiger partial charge in [-0.25, -0.2) is 8.42 Å². The first kappa shape index (κ1) is 16.7. The van der Waals surface area contributed by atoms with Crippen LogP contribution in [0.3, 0.4) is 0 Å². The summed E-state index contributed by atoms with van der Waals surface area (Å²) >= 11 is 0. The second-order valence-electron chi connectivity index (χ2n) is 7.15. The van der Waals surface area contributed by atoms with E-state index in [9.17, 15) is 13.2 Å². The Morgan fingerprint density at radius 1 is 1.22 bits per heavy atom. The van der Waals surface area contributed by atoms with Crippen LogP contribution in [-0.4, -0.2) is 46.0 Å². The third-order valence-electron chi connectivity index (χ3n) is 5.21. The van der Waals surface area contributed by atoms with Crippen molar-refractivity contribution in [2.24, 2.45) is 0 Å². The third kappa shape index (κ3) is 2.71. The Bertz CT molecular complexity index is 1040. The number of fused-ring (bicyclic) bond motifs is 2. The molecule has 2 aliphatic heterocycles. The summed E-state index contributed by atoms with van der Waals surface area (Å²) in [6.07, 6.45) is 1.65. The molecule has 10 heteroatoms. The quantitative estimate of drug-likeness (QED) is 0.842. The standard InChI is InChI=1S/C17H19N5O4S/c1-10-17(23)18-13-8-12(4-5-14(13)26-10)27(24,25)21-6-7-22-15(9-21)19-20-16(22)11-2-3-11/h4-5,8,10-11H,2-3,6-7,9H2,1H3,(H,18,23)/t10-/m0/s1. The molecule has 9 nitrogen and oxygen atoms in total. The van der Waals surface area contributed by atoms with E-state index in [1.54, 1.807) is 13.0 Å². The molecule has 1 amide bonds. The Hall–Kier alpha value is -2.46. The van der Waals surface area contributed by atoms with Gasteiger partial charge in [-0.3, -0.25) is 4.79 Å². The van der Waals surface area contributed by atoms with Gasteiger partial charge in [0.05, 0.1) is 17.1 Å². The number of carbonyl (C=O) groups excluding carboxylic acids is 1. The lowest BCUT2D eigenvalue weighted by molar-refractivity contribution is -0.122. The number of benzene rings is 1. The van der Waals surface area contributed by atoms with Gasteiger partial charge in [0.2, 0.25) is 10.0 Å². The highest BCUT2D eigenvalue weighted by molar-refractivity contribution is 7.89. The number of ether oxygens (including phenoxy) is 1. The molecule has 0 spiro atoms. The lowest BCUT2D eigenvalue weighted by atomic mass is 10.2. The molecule has 1 aromatic carbocycles. The number of anilines is 1. The predicted octanol–water partition coefficient (Wildman–Crippen LogP) is 1.08. The summed E-state index contributed by atoms with van der Waals surface area (Å²) in [5, 5.41) is 11.1. The molecule has 0 bridgehead atoms. The van der Waals surface area contributed by atoms with E-state index in [0.717, 1.165) is 18.7 Å². The van der Waals surface area contributed by atoms with Crippen molar-refractivity contribution in [1.82, 2.24) is 19.1 Å². The predicted molar refractivity (Wildman–Crippen MR) is 94.8 cm³/mol. The molecule has 142 valence electrons. The van der Waals surface area contributed by atoms with Gasteiger partial charge < -0.3 is 14.6 Å². The van der Waals surface area contributed by atoms with Crippen molar-refractivity contribution in [3.63, 3.8) is 0 Å². The maximum absolute atomic E-state index is 13.1. The average Bonchev–Trinajstić information content (AvgIpc) is 3.41. The summed E-state index contributed by atoms with van der Waals surface area (Å²) < 4.78 is 35.1. The van der Waals surface area contributed by atoms with Crippen LogP contribution in [0.15, 0.2) is 23.1 Å². The van der Waals surface area contributed by atoms with Crippen LogP contribution >= 0.6 is 0 Å². The van der Waals surface area contributed by atoms with Crippen molar-refractivity contribution in [2.75, 3.05) is 11.9 Å². The smallest absolute Gasteiger partial charge is 0.265 e. The fourth-order valence-electron chi connectivity index (χ4n) is 3.50. The summed E-state index contributed by atoms with van der Waals surface area (Å²) in [6, 6.07) is 4.53. The van der Waals surface area contributed by atoms with E-state index in [-0.39, 0.29) is 17.3 Å². The number of nitrogens with one attached hydrogen (secondary N) is 1. The van der Waals surface area contributed by atoms with Gasteiger partial charge in [-0.15, -0.1) is 10.2 Å². The van der Waals surface area contributed by atoms with E-state index in [4.69, 9.17) is 4.74 Å². The Labute approximate surface area is 156 Å². The van der Waals surface area contributed by atoms with Gasteiger partial charge in [0.1, 0.15) is 17.4 Å². The highest BCUT2D eigenvalue weighted by Crippen LogP contribution is 2.40. The van der Waals surface area contributed by atoms with Crippen LogP contribution in [0.4, 0.5) is 5.69 Å². The topological polar surface area (TPSA) is 106 Å². The van der Waals surface area contributed by atoms with Crippen molar-refractivity contribution < 1.29 is 17.9 Å². The minimum absolute atomic E-state index is 0.120. The molecule has 1 fully saturated rings. The molecule has 0 unspecified atom stereocenters. The van der Waals surface area contributed by atoms with Crippen LogP contribution in [0.1, 0.15) is 37.3 Å². The molecule has 1 aliphatic carbocycles. The van der Waals surface area contributed by atoms with E-state index in [2.05, 4.69) is 15.5 Å². The van der Waals surface area contributed by atoms with Crippen molar-refractivity contribution in [2.45, 2.75) is 49.8 Å². The number of carbonyl (C=O) groups is 1. The van der Waals surface area contributed by atoms with Crippen molar-refractivity contribution in [3.05, 3.63) is 29.8 Å². The fourth-order valence-corrected chi connectivity index (χ4v) is 4.92. The highest BCUT2D eigenvalue weighted by atomic mass is 32.2. The fraction of sp³-hybridized carbons (Fsp3) is 0.471. The van der Waals surface area contributed by atoms with Crippen molar-refractivity contribution in [3.8, 4) is 5.75 Å². The maximum Gasteiger partial charge on any atom is 0.265 e. The molecular weight excluding hydrogens is 370 g/mol. The zero-order valence-corrected chi connectivity index (χ0v) is 15.6. The van der Waals surface area contributed by atoms with Crippen molar-refractivity contribution in [1.29, 1.82) is 0 Å². The number of hydrogen-bond acceptors (Lipinski definition) is 6. The van der Waals surface area contributed by atoms with E-state index in [0.29, 0.717) is 36.3 Å². The van der Waals surface area contributed by atoms with Crippen LogP contribution in [0.25, 0.3) is 0 Å². The number of rotatable bonds is 3. The average molecular weight is 389 g/mol. The van der Waals surface area contributed by atoms with Gasteiger partial charge in [-0.1, -0.05) is 0 Å². The Morgan fingerprint density at radius 2 is 2.04 bits per heavy atom. The lowest BCUT2D eigenvalue weighted by Gasteiger charge is -2.28. The number of amides is 1. The Morgan fingerprint density at radius 3 is 2.81 bits per heavy atom. The molecule has 0 radical (unpaired) electrons. The van der Waals surface area contributed by atoms with E-state index < -0.39 is 16.1 Å². The van der Waals surface area contributed by atoms with Gasteiger partial charge in [0.25, 0.3) is 5.91 Å². The second-order valence-corrected chi connectivity index (χ2v) is 9.08. The molecule has 1 atom stereocenters. The zero-order chi connectivity index (χ0) is 18.8. The number of nitrogens with zero attached hydrogens (tertiary/aromatic N) is 4. The molecule has 2 aromatic rings. The number of hydrogen-bond donors (Lipinski definition) is 1. The molecule has 1 saturated carbocycles. The Kier molecular flexibility index (Phi) is 3.57. The molecular formula is C17H19N5O4S. The van der Waals surface area contributed by atoms with Crippen LogP contribution in [0, 0.1) is 0 Å². The molecule has 1 N–H and O–H groups in total. The van der Waals surface area contributed by atoms with Crippen LogP contribution < -0.4 is 10.1 Å². The lowest BCUT2D eigenvalue weighted by Crippen LogP contribution is -2.39. The van der Waals surface area contributed by atoms with Gasteiger partial charge in [-0.2, -0.15) is 4.31 Å². The maximum atomic E-state index is 13.1. The summed E-state index contributed by atoms with van der Waals surface area (Å²) in [5.74, 6) is 2.30. The Balaban J connectivity index is 1.43. The molecule has 5 rings (SSSR count). The molecule has 3 heterocycles. The number of aromatic nitrogens is 3. The molecule has 0 saturated heterocycles. The molecule has 27 heavy (non-hydrogen) atoms. The van der Waals surface area contributed by atoms with Gasteiger partial charge in [-0.05, 0) is 38.0 Å².